The van der Waals surface area contributed by atoms with Crippen molar-refractivity contribution in [3.63, 3.8) is 0 Å². The fraction of sp³-hybridized carbons (Fsp3) is 0.471. The Morgan fingerprint density at radius 2 is 2.21 bits per heavy atom. The first-order valence-corrected chi connectivity index (χ1v) is 8.84. The average molecular weight is 344 g/mol. The zero-order valence-electron chi connectivity index (χ0n) is 13.8. The molecular weight excluding hydrogens is 324 g/mol. The van der Waals surface area contributed by atoms with Gasteiger partial charge in [-0.3, -0.25) is 4.57 Å². The largest absolute Gasteiger partial charge is 0.497 e. The summed E-state index contributed by atoms with van der Waals surface area (Å²) >= 11 is 1.42. The lowest BCUT2D eigenvalue weighted by Gasteiger charge is -2.15. The van der Waals surface area contributed by atoms with Crippen molar-refractivity contribution in [1.29, 1.82) is 5.26 Å². The van der Waals surface area contributed by atoms with Gasteiger partial charge in [-0.25, -0.2) is 0 Å². The molecule has 0 radical (unpaired) electrons. The number of nitrogens with zero attached hydrogens (tertiary/aromatic N) is 4. The fourth-order valence-electron chi connectivity index (χ4n) is 2.67. The quantitative estimate of drug-likeness (QED) is 0.750. The van der Waals surface area contributed by atoms with Gasteiger partial charge in [0, 0.05) is 12.2 Å². The molecule has 1 aliphatic heterocycles. The van der Waals surface area contributed by atoms with Crippen LogP contribution in [0.25, 0.3) is 11.4 Å². The molecule has 0 amide bonds. The molecule has 0 N–H and O–H groups in total. The van der Waals surface area contributed by atoms with E-state index in [1.54, 1.807) is 7.11 Å². The number of benzene rings is 1. The number of methoxy groups -OCH3 is 1. The van der Waals surface area contributed by atoms with Crippen LogP contribution in [0.2, 0.25) is 0 Å². The van der Waals surface area contributed by atoms with Crippen LogP contribution in [0.1, 0.15) is 19.8 Å². The first kappa shape index (κ1) is 16.8. The molecule has 2 atom stereocenters. The number of hydrogen-bond acceptors (Lipinski definition) is 6. The van der Waals surface area contributed by atoms with Gasteiger partial charge in [-0.15, -0.1) is 10.2 Å². The van der Waals surface area contributed by atoms with E-state index in [1.807, 2.05) is 31.2 Å². The van der Waals surface area contributed by atoms with E-state index in [4.69, 9.17) is 14.7 Å². The molecule has 1 aromatic carbocycles. The number of hydrogen-bond donors (Lipinski definition) is 0. The van der Waals surface area contributed by atoms with E-state index in [0.717, 1.165) is 41.7 Å². The summed E-state index contributed by atoms with van der Waals surface area (Å²) in [5.41, 5.74) is 0.970. The minimum Gasteiger partial charge on any atom is -0.497 e. The van der Waals surface area contributed by atoms with E-state index < -0.39 is 0 Å². The summed E-state index contributed by atoms with van der Waals surface area (Å²) in [5.74, 6) is 1.59. The van der Waals surface area contributed by atoms with Crippen molar-refractivity contribution in [2.24, 2.45) is 0 Å². The van der Waals surface area contributed by atoms with E-state index >= 15 is 0 Å². The molecule has 3 rings (SSSR count). The van der Waals surface area contributed by atoms with Crippen molar-refractivity contribution in [2.75, 3.05) is 13.7 Å². The predicted molar refractivity (Wildman–Crippen MR) is 91.9 cm³/mol. The molecule has 0 unspecified atom stereocenters. The van der Waals surface area contributed by atoms with E-state index in [1.165, 1.54) is 11.8 Å². The third kappa shape index (κ3) is 3.71. The van der Waals surface area contributed by atoms with Crippen molar-refractivity contribution >= 4 is 11.8 Å². The van der Waals surface area contributed by atoms with E-state index in [9.17, 15) is 0 Å². The summed E-state index contributed by atoms with van der Waals surface area (Å²) < 4.78 is 13.0. The van der Waals surface area contributed by atoms with E-state index in [2.05, 4.69) is 20.8 Å². The second kappa shape index (κ2) is 7.69. The normalized spacial score (nSPS) is 18.3. The Labute approximate surface area is 145 Å². The van der Waals surface area contributed by atoms with Crippen molar-refractivity contribution in [3.8, 4) is 23.2 Å². The Morgan fingerprint density at radius 3 is 2.83 bits per heavy atom. The lowest BCUT2D eigenvalue weighted by Crippen LogP contribution is -2.17. The van der Waals surface area contributed by atoms with Crippen LogP contribution in [0.3, 0.4) is 0 Å². The van der Waals surface area contributed by atoms with Gasteiger partial charge in [-0.1, -0.05) is 11.8 Å². The van der Waals surface area contributed by atoms with Crippen LogP contribution in [0.5, 0.6) is 5.75 Å². The highest BCUT2D eigenvalue weighted by Crippen LogP contribution is 2.29. The van der Waals surface area contributed by atoms with Crippen LogP contribution < -0.4 is 4.74 Å². The van der Waals surface area contributed by atoms with Gasteiger partial charge in [-0.2, -0.15) is 5.26 Å². The molecular formula is C17H20N4O2S. The second-order valence-corrected chi connectivity index (χ2v) is 6.98. The maximum Gasteiger partial charge on any atom is 0.192 e. The number of rotatable bonds is 6. The maximum atomic E-state index is 9.09. The topological polar surface area (TPSA) is 73.0 Å². The zero-order chi connectivity index (χ0) is 16.9. The van der Waals surface area contributed by atoms with Gasteiger partial charge in [0.05, 0.1) is 31.1 Å². The van der Waals surface area contributed by atoms with Gasteiger partial charge in [0.1, 0.15) is 5.75 Å². The first-order valence-electron chi connectivity index (χ1n) is 7.96. The number of aromatic nitrogens is 3. The summed E-state index contributed by atoms with van der Waals surface area (Å²) in [6.07, 6.45) is 2.30. The molecule has 1 aromatic heterocycles. The third-order valence-corrected chi connectivity index (χ3v) is 4.91. The van der Waals surface area contributed by atoms with Crippen LogP contribution in [-0.4, -0.2) is 39.8 Å². The minimum absolute atomic E-state index is 0.176. The molecule has 1 saturated heterocycles. The molecule has 0 bridgehead atoms. The molecule has 126 valence electrons. The molecule has 2 heterocycles. The molecule has 1 aliphatic rings. The van der Waals surface area contributed by atoms with Crippen LogP contribution in [0, 0.1) is 11.3 Å². The number of nitriles is 1. The van der Waals surface area contributed by atoms with Crippen LogP contribution in [0.15, 0.2) is 29.4 Å². The Bertz CT molecular complexity index is 717. The first-order chi connectivity index (χ1) is 11.7. The Kier molecular flexibility index (Phi) is 5.38. The summed E-state index contributed by atoms with van der Waals surface area (Å²) in [6, 6.07) is 9.99. The van der Waals surface area contributed by atoms with E-state index in [0.29, 0.717) is 6.54 Å². The average Bonchev–Trinajstić information content (AvgIpc) is 3.26. The van der Waals surface area contributed by atoms with Gasteiger partial charge in [0.2, 0.25) is 0 Å². The Balaban J connectivity index is 1.92. The highest BCUT2D eigenvalue weighted by atomic mass is 32.2. The lowest BCUT2D eigenvalue weighted by atomic mass is 10.2. The molecule has 1 fully saturated rings. The van der Waals surface area contributed by atoms with Crippen molar-refractivity contribution in [3.05, 3.63) is 24.3 Å². The smallest absolute Gasteiger partial charge is 0.192 e. The molecule has 24 heavy (non-hydrogen) atoms. The van der Waals surface area contributed by atoms with Crippen LogP contribution in [0.4, 0.5) is 0 Å². The Morgan fingerprint density at radius 1 is 1.42 bits per heavy atom. The summed E-state index contributed by atoms with van der Waals surface area (Å²) in [5, 5.41) is 18.3. The number of thioether (sulfide) groups is 1. The standard InChI is InChI=1S/C17H20N4O2S/c1-12(10-18)24-17-20-19-16(13-5-7-14(22-2)8-6-13)21(17)11-15-4-3-9-23-15/h5-8,12,15H,3-4,9,11H2,1-2H3/t12-,15+/m0/s1. The summed E-state index contributed by atoms with van der Waals surface area (Å²) in [4.78, 5) is 0. The molecule has 2 aromatic rings. The monoisotopic (exact) mass is 344 g/mol. The van der Waals surface area contributed by atoms with Gasteiger partial charge in [0.25, 0.3) is 0 Å². The van der Waals surface area contributed by atoms with Crippen LogP contribution in [-0.2, 0) is 11.3 Å². The lowest BCUT2D eigenvalue weighted by molar-refractivity contribution is 0.0953. The fourth-order valence-corrected chi connectivity index (χ4v) is 3.42. The van der Waals surface area contributed by atoms with Crippen LogP contribution >= 0.6 is 11.8 Å². The van der Waals surface area contributed by atoms with Crippen molar-refractivity contribution in [2.45, 2.75) is 42.8 Å². The van der Waals surface area contributed by atoms with Crippen molar-refractivity contribution in [1.82, 2.24) is 14.8 Å². The third-order valence-electron chi connectivity index (χ3n) is 3.94. The highest BCUT2D eigenvalue weighted by molar-refractivity contribution is 8.00. The molecule has 7 heteroatoms. The molecule has 0 spiro atoms. The predicted octanol–water partition coefficient (Wildman–Crippen LogP) is 3.14. The summed E-state index contributed by atoms with van der Waals surface area (Å²) in [6.45, 7) is 3.37. The summed E-state index contributed by atoms with van der Waals surface area (Å²) in [7, 11) is 1.65. The number of ether oxygens (including phenoxy) is 2. The zero-order valence-corrected chi connectivity index (χ0v) is 14.6. The highest BCUT2D eigenvalue weighted by Gasteiger charge is 2.22. The van der Waals surface area contributed by atoms with Gasteiger partial charge < -0.3 is 9.47 Å². The molecule has 6 nitrogen and oxygen atoms in total. The molecule has 0 saturated carbocycles. The van der Waals surface area contributed by atoms with Gasteiger partial charge in [-0.05, 0) is 44.0 Å². The van der Waals surface area contributed by atoms with Gasteiger partial charge >= 0.3 is 0 Å². The second-order valence-electron chi connectivity index (χ2n) is 5.67. The minimum atomic E-state index is -0.179. The maximum absolute atomic E-state index is 9.09. The molecule has 0 aliphatic carbocycles. The van der Waals surface area contributed by atoms with Gasteiger partial charge in [0.15, 0.2) is 11.0 Å². The van der Waals surface area contributed by atoms with Crippen molar-refractivity contribution < 1.29 is 9.47 Å². The van der Waals surface area contributed by atoms with E-state index in [-0.39, 0.29) is 11.4 Å². The SMILES string of the molecule is COc1ccc(-c2nnc(S[C@@H](C)C#N)n2C[C@H]2CCCO2)cc1. The Hall–Kier alpha value is -2.04.